The minimum Gasteiger partial charge on any atom is -0.301 e. The molecule has 0 atom stereocenters. The molecule has 1 aromatic rings. The highest BCUT2D eigenvalue weighted by Crippen LogP contribution is 2.31. The topological polar surface area (TPSA) is 41.5 Å². The number of carbonyl (C=O) groups excluding carboxylic acids is 1. The third-order valence-corrected chi connectivity index (χ3v) is 4.74. The number of amides is 1. The van der Waals surface area contributed by atoms with Crippen molar-refractivity contribution < 1.29 is 18.0 Å². The molecule has 1 N–H and O–H groups in total. The van der Waals surface area contributed by atoms with Crippen LogP contribution in [0.3, 0.4) is 0 Å². The zero-order valence-corrected chi connectivity index (χ0v) is 13.0. The van der Waals surface area contributed by atoms with Gasteiger partial charge < -0.3 is 5.32 Å². The van der Waals surface area contributed by atoms with Gasteiger partial charge in [-0.05, 0) is 48.4 Å². The Bertz CT molecular complexity index is 659. The Morgan fingerprint density at radius 3 is 2.43 bits per heavy atom. The highest BCUT2D eigenvalue weighted by molar-refractivity contribution is 8.18. The van der Waals surface area contributed by atoms with Crippen molar-refractivity contribution in [2.24, 2.45) is 4.99 Å². The number of nitrogens with one attached hydrogen (secondary N) is 1. The highest BCUT2D eigenvalue weighted by atomic mass is 32.2. The Balaban J connectivity index is 1.73. The van der Waals surface area contributed by atoms with E-state index in [4.69, 9.17) is 0 Å². The zero-order chi connectivity index (χ0) is 16.4. The largest absolute Gasteiger partial charge is 0.416 e. The van der Waals surface area contributed by atoms with Gasteiger partial charge in [-0.15, -0.1) is 0 Å². The van der Waals surface area contributed by atoms with E-state index in [1.165, 1.54) is 23.9 Å². The number of hydrogen-bond donors (Lipinski definition) is 1. The van der Waals surface area contributed by atoms with E-state index < -0.39 is 11.7 Å². The number of amidine groups is 1. The standard InChI is InChI=1S/C16H15F3N2OS/c17-16(18,19)11-7-5-10(6-8-11)9-13-14(22)21-15(23-13)20-12-3-1-2-4-12/h5-9,12H,1-4H2,(H,20,21,22)/b13-9+. The SMILES string of the molecule is O=C1NC(=NC2CCCC2)S/C1=C/c1ccc(C(F)(F)F)cc1. The third kappa shape index (κ3) is 3.96. The first-order valence-electron chi connectivity index (χ1n) is 7.38. The van der Waals surface area contributed by atoms with Crippen molar-refractivity contribution in [3.8, 4) is 0 Å². The second kappa shape index (κ2) is 6.39. The maximum Gasteiger partial charge on any atom is 0.416 e. The molecule has 2 fully saturated rings. The fourth-order valence-corrected chi connectivity index (χ4v) is 3.50. The van der Waals surface area contributed by atoms with Crippen molar-refractivity contribution in [3.63, 3.8) is 0 Å². The molecule has 3 nitrogen and oxygen atoms in total. The molecule has 0 spiro atoms. The molecule has 3 rings (SSSR count). The smallest absolute Gasteiger partial charge is 0.301 e. The predicted molar refractivity (Wildman–Crippen MR) is 84.8 cm³/mol. The molecule has 1 amide bonds. The first-order valence-corrected chi connectivity index (χ1v) is 8.19. The number of benzene rings is 1. The van der Waals surface area contributed by atoms with Crippen LogP contribution >= 0.6 is 11.8 Å². The zero-order valence-electron chi connectivity index (χ0n) is 12.2. The van der Waals surface area contributed by atoms with Gasteiger partial charge in [0.05, 0.1) is 16.5 Å². The van der Waals surface area contributed by atoms with Crippen LogP contribution < -0.4 is 5.32 Å². The summed E-state index contributed by atoms with van der Waals surface area (Å²) < 4.78 is 37.6. The lowest BCUT2D eigenvalue weighted by molar-refractivity contribution is -0.137. The first kappa shape index (κ1) is 16.1. The van der Waals surface area contributed by atoms with E-state index in [-0.39, 0.29) is 11.9 Å². The quantitative estimate of drug-likeness (QED) is 0.820. The maximum absolute atomic E-state index is 12.5. The molecule has 2 aliphatic rings. The molecule has 122 valence electrons. The van der Waals surface area contributed by atoms with Crippen molar-refractivity contribution in [1.29, 1.82) is 0 Å². The van der Waals surface area contributed by atoms with Gasteiger partial charge in [-0.3, -0.25) is 9.79 Å². The summed E-state index contributed by atoms with van der Waals surface area (Å²) in [7, 11) is 0. The number of halogens is 3. The molecule has 1 aromatic carbocycles. The van der Waals surface area contributed by atoms with E-state index in [9.17, 15) is 18.0 Å². The van der Waals surface area contributed by atoms with Gasteiger partial charge in [-0.1, -0.05) is 25.0 Å². The number of aliphatic imine (C=N–C) groups is 1. The van der Waals surface area contributed by atoms with E-state index in [0.717, 1.165) is 37.8 Å². The molecule has 0 aromatic heterocycles. The lowest BCUT2D eigenvalue weighted by atomic mass is 10.1. The Hall–Kier alpha value is -1.76. The minimum absolute atomic E-state index is 0.258. The van der Waals surface area contributed by atoms with Crippen LogP contribution in [0.5, 0.6) is 0 Å². The summed E-state index contributed by atoms with van der Waals surface area (Å²) in [6, 6.07) is 5.00. The first-order chi connectivity index (χ1) is 10.9. The summed E-state index contributed by atoms with van der Waals surface area (Å²) in [5.74, 6) is -0.258. The monoisotopic (exact) mass is 340 g/mol. The molecular weight excluding hydrogens is 325 g/mol. The maximum atomic E-state index is 12.5. The summed E-state index contributed by atoms with van der Waals surface area (Å²) in [5.41, 5.74) is -0.149. The van der Waals surface area contributed by atoms with Crippen molar-refractivity contribution in [1.82, 2.24) is 5.32 Å². The van der Waals surface area contributed by atoms with Gasteiger partial charge in [0.1, 0.15) is 0 Å². The molecule has 1 aliphatic heterocycles. The van der Waals surface area contributed by atoms with Crippen LogP contribution in [-0.4, -0.2) is 17.1 Å². The number of carbonyl (C=O) groups is 1. The molecule has 0 radical (unpaired) electrons. The predicted octanol–water partition coefficient (Wildman–Crippen LogP) is 4.21. The molecule has 1 heterocycles. The van der Waals surface area contributed by atoms with Crippen molar-refractivity contribution in [3.05, 3.63) is 40.3 Å². The van der Waals surface area contributed by atoms with Gasteiger partial charge in [0.15, 0.2) is 5.17 Å². The summed E-state index contributed by atoms with van der Waals surface area (Å²) in [5, 5.41) is 3.30. The summed E-state index contributed by atoms with van der Waals surface area (Å²) in [6.45, 7) is 0. The van der Waals surface area contributed by atoms with Gasteiger partial charge in [-0.25, -0.2) is 0 Å². The van der Waals surface area contributed by atoms with Crippen LogP contribution in [0, 0.1) is 0 Å². The van der Waals surface area contributed by atoms with Gasteiger partial charge >= 0.3 is 6.18 Å². The molecule has 0 bridgehead atoms. The van der Waals surface area contributed by atoms with Crippen LogP contribution in [0.1, 0.15) is 36.8 Å². The average Bonchev–Trinajstić information content (AvgIpc) is 3.10. The number of hydrogen-bond acceptors (Lipinski definition) is 3. The molecule has 1 saturated carbocycles. The Kier molecular flexibility index (Phi) is 4.48. The van der Waals surface area contributed by atoms with Gasteiger partial charge in [0.2, 0.25) is 0 Å². The van der Waals surface area contributed by atoms with Crippen molar-refractivity contribution in [2.45, 2.75) is 37.9 Å². The molecule has 1 saturated heterocycles. The van der Waals surface area contributed by atoms with Crippen LogP contribution in [0.2, 0.25) is 0 Å². The molecular formula is C16H15F3N2OS. The molecule has 0 unspecified atom stereocenters. The summed E-state index contributed by atoms with van der Waals surface area (Å²) in [4.78, 5) is 16.9. The van der Waals surface area contributed by atoms with Gasteiger partial charge in [0, 0.05) is 0 Å². The Morgan fingerprint density at radius 2 is 1.83 bits per heavy atom. The van der Waals surface area contributed by atoms with Crippen molar-refractivity contribution in [2.75, 3.05) is 0 Å². The van der Waals surface area contributed by atoms with Gasteiger partial charge in [0.25, 0.3) is 5.91 Å². The fraction of sp³-hybridized carbons (Fsp3) is 0.375. The fourth-order valence-electron chi connectivity index (χ4n) is 2.61. The molecule has 1 aliphatic carbocycles. The van der Waals surface area contributed by atoms with E-state index in [1.807, 2.05) is 0 Å². The summed E-state index contributed by atoms with van der Waals surface area (Å²) >= 11 is 1.24. The second-order valence-electron chi connectivity index (χ2n) is 5.56. The van der Waals surface area contributed by atoms with Crippen LogP contribution in [0.25, 0.3) is 6.08 Å². The van der Waals surface area contributed by atoms with E-state index in [0.29, 0.717) is 15.6 Å². The number of nitrogens with zero attached hydrogens (tertiary/aromatic N) is 1. The molecule has 23 heavy (non-hydrogen) atoms. The average molecular weight is 340 g/mol. The van der Waals surface area contributed by atoms with Crippen LogP contribution in [0.4, 0.5) is 13.2 Å². The van der Waals surface area contributed by atoms with E-state index in [1.54, 1.807) is 6.08 Å². The Morgan fingerprint density at radius 1 is 1.17 bits per heavy atom. The van der Waals surface area contributed by atoms with E-state index >= 15 is 0 Å². The lowest BCUT2D eigenvalue weighted by Crippen LogP contribution is -2.21. The molecule has 7 heteroatoms. The normalized spacial score (nSPS) is 23.0. The van der Waals surface area contributed by atoms with Gasteiger partial charge in [-0.2, -0.15) is 13.2 Å². The third-order valence-electron chi connectivity index (χ3n) is 3.81. The van der Waals surface area contributed by atoms with Crippen molar-refractivity contribution >= 4 is 28.9 Å². The lowest BCUT2D eigenvalue weighted by Gasteiger charge is -2.06. The summed E-state index contributed by atoms with van der Waals surface area (Å²) in [6.07, 6.45) is 1.63. The Labute approximate surface area is 136 Å². The number of alkyl halides is 3. The second-order valence-corrected chi connectivity index (χ2v) is 6.59. The number of rotatable bonds is 2. The van der Waals surface area contributed by atoms with E-state index in [2.05, 4.69) is 10.3 Å². The minimum atomic E-state index is -4.35. The number of thioether (sulfide) groups is 1. The van der Waals surface area contributed by atoms with Crippen LogP contribution in [0.15, 0.2) is 34.2 Å². The highest BCUT2D eigenvalue weighted by Gasteiger charge is 2.30. The van der Waals surface area contributed by atoms with Crippen LogP contribution in [-0.2, 0) is 11.0 Å².